The molecule has 2 unspecified atom stereocenters. The van der Waals surface area contributed by atoms with E-state index in [1.54, 1.807) is 7.11 Å². The van der Waals surface area contributed by atoms with Gasteiger partial charge in [-0.2, -0.15) is 0 Å². The minimum absolute atomic E-state index is 0.208. The molecule has 6 heteroatoms. The maximum atomic E-state index is 11.7. The van der Waals surface area contributed by atoms with E-state index in [4.69, 9.17) is 4.74 Å². The summed E-state index contributed by atoms with van der Waals surface area (Å²) in [6, 6.07) is 2.31. The highest BCUT2D eigenvalue weighted by atomic mass is 32.2. The predicted octanol–water partition coefficient (Wildman–Crippen LogP) is 2.15. The molecule has 1 heterocycles. The minimum atomic E-state index is -2.94. The Hall–Kier alpha value is -1.14. The molecule has 1 aromatic heterocycles. The van der Waals surface area contributed by atoms with E-state index in [0.29, 0.717) is 18.8 Å². The number of nitrogens with one attached hydrogen (secondary N) is 1. The molecular formula is C16H26N2O3S. The van der Waals surface area contributed by atoms with Gasteiger partial charge in [0.15, 0.2) is 0 Å². The molecule has 2 atom stereocenters. The first-order valence-electron chi connectivity index (χ1n) is 7.74. The number of hydrogen-bond acceptors (Lipinski definition) is 5. The Kier molecular flexibility index (Phi) is 5.45. The molecule has 1 fully saturated rings. The van der Waals surface area contributed by atoms with Gasteiger partial charge in [0, 0.05) is 24.4 Å². The molecule has 0 aliphatic heterocycles. The molecule has 22 heavy (non-hydrogen) atoms. The van der Waals surface area contributed by atoms with Crippen LogP contribution in [0.25, 0.3) is 0 Å². The van der Waals surface area contributed by atoms with Gasteiger partial charge in [-0.15, -0.1) is 0 Å². The maximum Gasteiger partial charge on any atom is 0.216 e. The average Bonchev–Trinajstić information content (AvgIpc) is 2.46. The van der Waals surface area contributed by atoms with Gasteiger partial charge in [-0.3, -0.25) is 0 Å². The number of nitrogens with zero attached hydrogens (tertiary/aromatic N) is 1. The Bertz CT molecular complexity index is 629. The Morgan fingerprint density at radius 3 is 2.68 bits per heavy atom. The van der Waals surface area contributed by atoms with E-state index < -0.39 is 9.84 Å². The summed E-state index contributed by atoms with van der Waals surface area (Å²) in [5, 5.41) is 3.26. The van der Waals surface area contributed by atoms with Crippen LogP contribution in [0.2, 0.25) is 0 Å². The standard InChI is InChI=1S/C16H26N2O3S/c1-11-8-12(2)16(21-3)18-15(11)10-17-13-6-5-7-14(9-13)22(4,19)20/h8,13-14,17H,5-7,9-10H2,1-4H3. The molecular weight excluding hydrogens is 300 g/mol. The Morgan fingerprint density at radius 2 is 2.05 bits per heavy atom. The summed E-state index contributed by atoms with van der Waals surface area (Å²) in [5.74, 6) is 0.653. The summed E-state index contributed by atoms with van der Waals surface area (Å²) >= 11 is 0. The zero-order valence-electron chi connectivity index (χ0n) is 13.8. The van der Waals surface area contributed by atoms with E-state index in [9.17, 15) is 8.42 Å². The third kappa shape index (κ3) is 4.20. The second-order valence-electron chi connectivity index (χ2n) is 6.27. The van der Waals surface area contributed by atoms with Crippen LogP contribution in [0, 0.1) is 13.8 Å². The van der Waals surface area contributed by atoms with Crippen LogP contribution < -0.4 is 10.1 Å². The number of aromatic nitrogens is 1. The van der Waals surface area contributed by atoms with Gasteiger partial charge in [-0.1, -0.05) is 6.42 Å². The van der Waals surface area contributed by atoms with E-state index in [-0.39, 0.29) is 11.3 Å². The van der Waals surface area contributed by atoms with Crippen molar-refractivity contribution in [3.05, 3.63) is 22.9 Å². The van der Waals surface area contributed by atoms with Crippen LogP contribution in [-0.2, 0) is 16.4 Å². The monoisotopic (exact) mass is 326 g/mol. The Morgan fingerprint density at radius 1 is 1.32 bits per heavy atom. The van der Waals surface area contributed by atoms with Crippen LogP contribution in [0.3, 0.4) is 0 Å². The smallest absolute Gasteiger partial charge is 0.216 e. The van der Waals surface area contributed by atoms with E-state index >= 15 is 0 Å². The van der Waals surface area contributed by atoms with Crippen molar-refractivity contribution in [2.24, 2.45) is 0 Å². The fourth-order valence-corrected chi connectivity index (χ4v) is 4.29. The molecule has 0 amide bonds. The molecule has 1 saturated carbocycles. The molecule has 124 valence electrons. The summed E-state index contributed by atoms with van der Waals surface area (Å²) in [4.78, 5) is 4.54. The number of methoxy groups -OCH3 is 1. The van der Waals surface area contributed by atoms with Crippen molar-refractivity contribution >= 4 is 9.84 Å². The minimum Gasteiger partial charge on any atom is -0.481 e. The van der Waals surface area contributed by atoms with E-state index in [1.807, 2.05) is 13.8 Å². The van der Waals surface area contributed by atoms with Crippen LogP contribution in [-0.4, -0.2) is 38.1 Å². The van der Waals surface area contributed by atoms with Crippen LogP contribution in [0.15, 0.2) is 6.07 Å². The largest absolute Gasteiger partial charge is 0.481 e. The molecule has 0 spiro atoms. The van der Waals surface area contributed by atoms with Crippen LogP contribution in [0.4, 0.5) is 0 Å². The molecule has 0 saturated heterocycles. The number of sulfone groups is 1. The maximum absolute atomic E-state index is 11.7. The van der Waals surface area contributed by atoms with Crippen molar-refractivity contribution in [3.8, 4) is 5.88 Å². The van der Waals surface area contributed by atoms with E-state index in [0.717, 1.165) is 36.1 Å². The van der Waals surface area contributed by atoms with Gasteiger partial charge in [0.05, 0.1) is 18.1 Å². The van der Waals surface area contributed by atoms with Gasteiger partial charge < -0.3 is 10.1 Å². The van der Waals surface area contributed by atoms with Gasteiger partial charge in [0.2, 0.25) is 5.88 Å². The molecule has 0 radical (unpaired) electrons. The van der Waals surface area contributed by atoms with Crippen molar-refractivity contribution in [3.63, 3.8) is 0 Å². The van der Waals surface area contributed by atoms with Gasteiger partial charge in [0.25, 0.3) is 0 Å². The molecule has 1 aromatic rings. The second kappa shape index (κ2) is 6.96. The lowest BCUT2D eigenvalue weighted by molar-refractivity contribution is 0.365. The van der Waals surface area contributed by atoms with Crippen molar-refractivity contribution in [1.29, 1.82) is 0 Å². The highest BCUT2D eigenvalue weighted by Gasteiger charge is 2.28. The summed E-state index contributed by atoms with van der Waals surface area (Å²) in [7, 11) is -1.32. The van der Waals surface area contributed by atoms with Gasteiger partial charge in [-0.05, 0) is 44.7 Å². The second-order valence-corrected chi connectivity index (χ2v) is 8.60. The lowest BCUT2D eigenvalue weighted by Gasteiger charge is -2.29. The number of pyridine rings is 1. The fourth-order valence-electron chi connectivity index (χ4n) is 3.11. The Balaban J connectivity index is 2.01. The highest BCUT2D eigenvalue weighted by molar-refractivity contribution is 7.91. The number of rotatable bonds is 5. The van der Waals surface area contributed by atoms with Crippen molar-refractivity contribution in [2.75, 3.05) is 13.4 Å². The molecule has 1 aliphatic rings. The van der Waals surface area contributed by atoms with Gasteiger partial charge in [-0.25, -0.2) is 13.4 Å². The third-order valence-electron chi connectivity index (χ3n) is 4.45. The summed E-state index contributed by atoms with van der Waals surface area (Å²) in [6.07, 6.45) is 4.80. The predicted molar refractivity (Wildman–Crippen MR) is 88.0 cm³/mol. The topological polar surface area (TPSA) is 68.3 Å². The van der Waals surface area contributed by atoms with Crippen LogP contribution >= 0.6 is 0 Å². The first kappa shape index (κ1) is 17.2. The highest BCUT2D eigenvalue weighted by Crippen LogP contribution is 2.24. The molecule has 5 nitrogen and oxygen atoms in total. The lowest BCUT2D eigenvalue weighted by Crippen LogP contribution is -2.38. The number of aryl methyl sites for hydroxylation is 2. The Labute approximate surface area is 133 Å². The normalized spacial score (nSPS) is 22.5. The lowest BCUT2D eigenvalue weighted by atomic mass is 9.95. The summed E-state index contributed by atoms with van der Waals surface area (Å²) < 4.78 is 28.7. The zero-order valence-corrected chi connectivity index (χ0v) is 14.7. The van der Waals surface area contributed by atoms with Gasteiger partial charge >= 0.3 is 0 Å². The average molecular weight is 326 g/mol. The fraction of sp³-hybridized carbons (Fsp3) is 0.688. The van der Waals surface area contributed by atoms with Crippen molar-refractivity contribution in [2.45, 2.75) is 57.4 Å². The SMILES string of the molecule is COc1nc(CNC2CCCC(S(C)(=O)=O)C2)c(C)cc1C. The zero-order chi connectivity index (χ0) is 16.3. The van der Waals surface area contributed by atoms with E-state index in [2.05, 4.69) is 16.4 Å². The van der Waals surface area contributed by atoms with Gasteiger partial charge in [0.1, 0.15) is 9.84 Å². The van der Waals surface area contributed by atoms with Crippen molar-refractivity contribution < 1.29 is 13.2 Å². The molecule has 1 N–H and O–H groups in total. The quantitative estimate of drug-likeness (QED) is 0.898. The first-order chi connectivity index (χ1) is 10.3. The van der Waals surface area contributed by atoms with E-state index in [1.165, 1.54) is 6.26 Å². The third-order valence-corrected chi connectivity index (χ3v) is 6.08. The number of ether oxygens (including phenoxy) is 1. The molecule has 1 aliphatic carbocycles. The number of hydrogen-bond donors (Lipinski definition) is 1. The van der Waals surface area contributed by atoms with Crippen LogP contribution in [0.1, 0.15) is 42.5 Å². The summed E-state index contributed by atoms with van der Waals surface area (Å²) in [6.45, 7) is 4.66. The van der Waals surface area contributed by atoms with Crippen LogP contribution in [0.5, 0.6) is 5.88 Å². The first-order valence-corrected chi connectivity index (χ1v) is 9.70. The molecule has 0 aromatic carbocycles. The molecule has 2 rings (SSSR count). The summed E-state index contributed by atoms with van der Waals surface area (Å²) in [5.41, 5.74) is 3.11. The molecule has 0 bridgehead atoms. The van der Waals surface area contributed by atoms with Crippen molar-refractivity contribution in [1.82, 2.24) is 10.3 Å².